The van der Waals surface area contributed by atoms with E-state index in [2.05, 4.69) is 15.2 Å². The number of nitrogens with one attached hydrogen (secondary N) is 1. The summed E-state index contributed by atoms with van der Waals surface area (Å²) in [6.45, 7) is 3.07. The number of likely N-dealkylation sites (N-methyl/N-ethyl adjacent to an activating group) is 1. The van der Waals surface area contributed by atoms with Crippen molar-refractivity contribution in [2.24, 2.45) is 4.99 Å². The minimum absolute atomic E-state index is 0.0595. The highest BCUT2D eigenvalue weighted by Gasteiger charge is 2.28. The maximum atomic E-state index is 11.9. The predicted octanol–water partition coefficient (Wildman–Crippen LogP) is 0.676. The summed E-state index contributed by atoms with van der Waals surface area (Å²) in [5.41, 5.74) is 0. The number of amides is 1. The number of hydrogen-bond acceptors (Lipinski definition) is 3. The number of likely N-dealkylation sites (tertiary alicyclic amines) is 1. The minimum Gasteiger partial charge on any atom is -0.347 e. The Kier molecular flexibility index (Phi) is 4.75. The monoisotopic (exact) mass is 211 g/mol. The van der Waals surface area contributed by atoms with Gasteiger partial charge in [-0.25, -0.2) is 0 Å². The minimum atomic E-state index is 0.0595. The van der Waals surface area contributed by atoms with Gasteiger partial charge in [0.25, 0.3) is 0 Å². The maximum Gasteiger partial charge on any atom is 0.237 e. The van der Waals surface area contributed by atoms with Crippen LogP contribution in [0.1, 0.15) is 26.2 Å². The summed E-state index contributed by atoms with van der Waals surface area (Å²) in [5.74, 6) is 0.141. The van der Waals surface area contributed by atoms with E-state index in [1.54, 1.807) is 13.3 Å². The molecule has 0 aromatic carbocycles. The average molecular weight is 211 g/mol. The van der Waals surface area contributed by atoms with Gasteiger partial charge in [0.2, 0.25) is 5.91 Å². The van der Waals surface area contributed by atoms with Crippen LogP contribution in [0, 0.1) is 0 Å². The summed E-state index contributed by atoms with van der Waals surface area (Å²) in [4.78, 5) is 18.0. The fraction of sp³-hybridized carbons (Fsp3) is 0.818. The van der Waals surface area contributed by atoms with Gasteiger partial charge in [0.1, 0.15) is 0 Å². The molecule has 86 valence electrons. The van der Waals surface area contributed by atoms with Crippen LogP contribution in [-0.2, 0) is 4.79 Å². The summed E-state index contributed by atoms with van der Waals surface area (Å²) in [6, 6.07) is 0.140. The SMILES string of the molecule is CC[C@@H](C=NC)NC(=O)[C@@H]1CCCN1C. The van der Waals surface area contributed by atoms with Gasteiger partial charge in [-0.2, -0.15) is 0 Å². The molecule has 0 spiro atoms. The lowest BCUT2D eigenvalue weighted by Gasteiger charge is -2.21. The molecule has 4 nitrogen and oxygen atoms in total. The van der Waals surface area contributed by atoms with Crippen LogP contribution < -0.4 is 5.32 Å². The zero-order valence-corrected chi connectivity index (χ0v) is 9.86. The van der Waals surface area contributed by atoms with Gasteiger partial charge < -0.3 is 5.32 Å². The zero-order valence-electron chi connectivity index (χ0n) is 9.86. The van der Waals surface area contributed by atoms with Crippen molar-refractivity contribution >= 4 is 12.1 Å². The fourth-order valence-electron chi connectivity index (χ4n) is 1.95. The van der Waals surface area contributed by atoms with Crippen LogP contribution in [-0.4, -0.2) is 49.7 Å². The summed E-state index contributed by atoms with van der Waals surface area (Å²) in [6.07, 6.45) is 4.78. The van der Waals surface area contributed by atoms with E-state index in [-0.39, 0.29) is 18.0 Å². The van der Waals surface area contributed by atoms with Gasteiger partial charge in [-0.15, -0.1) is 0 Å². The summed E-state index contributed by atoms with van der Waals surface area (Å²) in [7, 11) is 3.74. The molecule has 1 aliphatic rings. The van der Waals surface area contributed by atoms with E-state index in [4.69, 9.17) is 0 Å². The third-order valence-corrected chi connectivity index (χ3v) is 2.92. The number of carbonyl (C=O) groups excluding carboxylic acids is 1. The smallest absolute Gasteiger partial charge is 0.237 e. The Morgan fingerprint density at radius 2 is 2.47 bits per heavy atom. The van der Waals surface area contributed by atoms with Crippen molar-refractivity contribution < 1.29 is 4.79 Å². The van der Waals surface area contributed by atoms with Gasteiger partial charge in [0, 0.05) is 13.3 Å². The first-order valence-electron chi connectivity index (χ1n) is 5.62. The number of aliphatic imine (C=N–C) groups is 1. The molecule has 15 heavy (non-hydrogen) atoms. The Morgan fingerprint density at radius 1 is 1.73 bits per heavy atom. The quantitative estimate of drug-likeness (QED) is 0.695. The van der Waals surface area contributed by atoms with Crippen molar-refractivity contribution in [1.82, 2.24) is 10.2 Å². The van der Waals surface area contributed by atoms with E-state index in [0.29, 0.717) is 0 Å². The van der Waals surface area contributed by atoms with E-state index in [0.717, 1.165) is 25.8 Å². The number of carbonyl (C=O) groups is 1. The summed E-state index contributed by atoms with van der Waals surface area (Å²) in [5, 5.41) is 3.01. The van der Waals surface area contributed by atoms with Crippen molar-refractivity contribution in [2.75, 3.05) is 20.6 Å². The molecule has 1 saturated heterocycles. The zero-order chi connectivity index (χ0) is 11.3. The number of nitrogens with zero attached hydrogens (tertiary/aromatic N) is 2. The molecule has 1 rings (SSSR count). The van der Waals surface area contributed by atoms with Crippen LogP contribution in [0.5, 0.6) is 0 Å². The first kappa shape index (κ1) is 12.2. The van der Waals surface area contributed by atoms with Gasteiger partial charge in [0.15, 0.2) is 0 Å². The average Bonchev–Trinajstić information content (AvgIpc) is 2.63. The molecule has 1 fully saturated rings. The van der Waals surface area contributed by atoms with Crippen LogP contribution in [0.15, 0.2) is 4.99 Å². The van der Waals surface area contributed by atoms with Crippen molar-refractivity contribution in [1.29, 1.82) is 0 Å². The van der Waals surface area contributed by atoms with Crippen molar-refractivity contribution in [3.63, 3.8) is 0 Å². The van der Waals surface area contributed by atoms with Crippen molar-refractivity contribution in [2.45, 2.75) is 38.3 Å². The third-order valence-electron chi connectivity index (χ3n) is 2.92. The van der Waals surface area contributed by atoms with Gasteiger partial charge in [-0.05, 0) is 32.9 Å². The van der Waals surface area contributed by atoms with E-state index in [9.17, 15) is 4.79 Å². The Hall–Kier alpha value is -0.900. The molecule has 1 amide bonds. The fourth-order valence-corrected chi connectivity index (χ4v) is 1.95. The molecular formula is C11H21N3O. The highest BCUT2D eigenvalue weighted by atomic mass is 16.2. The summed E-state index contributed by atoms with van der Waals surface area (Å²) < 4.78 is 0. The third kappa shape index (κ3) is 3.30. The highest BCUT2D eigenvalue weighted by Crippen LogP contribution is 2.14. The molecule has 0 bridgehead atoms. The molecule has 0 aromatic heterocycles. The molecule has 0 aliphatic carbocycles. The Balaban J connectivity index is 2.46. The number of hydrogen-bond donors (Lipinski definition) is 1. The predicted molar refractivity (Wildman–Crippen MR) is 62.3 cm³/mol. The van der Waals surface area contributed by atoms with Gasteiger partial charge in [-0.1, -0.05) is 6.92 Å². The van der Waals surface area contributed by atoms with Crippen LogP contribution in [0.2, 0.25) is 0 Å². The maximum absolute atomic E-state index is 11.9. The molecular weight excluding hydrogens is 190 g/mol. The largest absolute Gasteiger partial charge is 0.347 e. The second-order valence-corrected chi connectivity index (χ2v) is 4.07. The Morgan fingerprint density at radius 3 is 2.93 bits per heavy atom. The van der Waals surface area contributed by atoms with Crippen LogP contribution in [0.4, 0.5) is 0 Å². The summed E-state index contributed by atoms with van der Waals surface area (Å²) >= 11 is 0. The second kappa shape index (κ2) is 5.85. The molecule has 0 aromatic rings. The van der Waals surface area contributed by atoms with Crippen LogP contribution >= 0.6 is 0 Å². The number of rotatable bonds is 4. The first-order chi connectivity index (χ1) is 7.19. The van der Waals surface area contributed by atoms with E-state index in [1.807, 2.05) is 14.0 Å². The lowest BCUT2D eigenvalue weighted by molar-refractivity contribution is -0.125. The highest BCUT2D eigenvalue weighted by molar-refractivity contribution is 5.85. The van der Waals surface area contributed by atoms with Crippen LogP contribution in [0.25, 0.3) is 0 Å². The standard InChI is InChI=1S/C11H21N3O/c1-4-9(8-12-2)13-11(15)10-6-5-7-14(10)3/h8-10H,4-7H2,1-3H3,(H,13,15)/t9-,10-/m0/s1. The van der Waals surface area contributed by atoms with E-state index >= 15 is 0 Å². The molecule has 0 unspecified atom stereocenters. The molecule has 0 radical (unpaired) electrons. The first-order valence-corrected chi connectivity index (χ1v) is 5.62. The van der Waals surface area contributed by atoms with E-state index in [1.165, 1.54) is 0 Å². The van der Waals surface area contributed by atoms with Gasteiger partial charge in [0.05, 0.1) is 12.1 Å². The second-order valence-electron chi connectivity index (χ2n) is 4.07. The lowest BCUT2D eigenvalue weighted by Crippen LogP contribution is -2.46. The molecule has 1 heterocycles. The normalized spacial score (nSPS) is 24.6. The van der Waals surface area contributed by atoms with Crippen molar-refractivity contribution in [3.8, 4) is 0 Å². The topological polar surface area (TPSA) is 44.7 Å². The molecule has 0 saturated carbocycles. The Labute approximate surface area is 91.7 Å². The molecule has 1 N–H and O–H groups in total. The lowest BCUT2D eigenvalue weighted by atomic mass is 10.2. The van der Waals surface area contributed by atoms with Crippen molar-refractivity contribution in [3.05, 3.63) is 0 Å². The molecule has 1 aliphatic heterocycles. The van der Waals surface area contributed by atoms with Gasteiger partial charge in [-0.3, -0.25) is 14.7 Å². The Bertz CT molecular complexity index is 240. The van der Waals surface area contributed by atoms with Crippen LogP contribution in [0.3, 0.4) is 0 Å². The van der Waals surface area contributed by atoms with Gasteiger partial charge >= 0.3 is 0 Å². The van der Waals surface area contributed by atoms with E-state index < -0.39 is 0 Å². The molecule has 4 heteroatoms. The molecule has 2 atom stereocenters.